The number of benzene rings is 2. The number of hydrogen-bond acceptors (Lipinski definition) is 4. The van der Waals surface area contributed by atoms with Crippen molar-refractivity contribution in [2.24, 2.45) is 5.10 Å². The van der Waals surface area contributed by atoms with Crippen molar-refractivity contribution in [3.63, 3.8) is 0 Å². The molecule has 0 atom stereocenters. The highest BCUT2D eigenvalue weighted by Crippen LogP contribution is 2.23. The number of hydrazone groups is 1. The van der Waals surface area contributed by atoms with Crippen LogP contribution in [0.25, 0.3) is 0 Å². The molecule has 156 valence electrons. The fourth-order valence-electron chi connectivity index (χ4n) is 2.62. The fraction of sp³-hybridized carbons (Fsp3) is 0.333. The Morgan fingerprint density at radius 2 is 1.76 bits per heavy atom. The van der Waals surface area contributed by atoms with E-state index in [9.17, 15) is 13.2 Å². The minimum Gasteiger partial charge on any atom is -0.271 e. The second-order valence-electron chi connectivity index (χ2n) is 7.81. The van der Waals surface area contributed by atoms with E-state index >= 15 is 0 Å². The summed E-state index contributed by atoms with van der Waals surface area (Å²) < 4.78 is 25.2. The van der Waals surface area contributed by atoms with Gasteiger partial charge in [-0.1, -0.05) is 62.7 Å². The van der Waals surface area contributed by atoms with E-state index < -0.39 is 22.5 Å². The van der Waals surface area contributed by atoms with Gasteiger partial charge in [0.2, 0.25) is 10.0 Å². The SMILES string of the molecule is C/C(=N/NC(=O)CN(c1cccc(Cl)c1)S(C)(=O)=O)c1ccc(C(C)(C)C)cc1. The van der Waals surface area contributed by atoms with Crippen LogP contribution in [0.5, 0.6) is 0 Å². The minimum absolute atomic E-state index is 0.0488. The first-order valence-corrected chi connectivity index (χ1v) is 11.3. The van der Waals surface area contributed by atoms with Crippen LogP contribution >= 0.6 is 11.6 Å². The predicted octanol–water partition coefficient (Wildman–Crippen LogP) is 3.94. The van der Waals surface area contributed by atoms with Crippen LogP contribution in [0.2, 0.25) is 5.02 Å². The molecule has 2 aromatic carbocycles. The van der Waals surface area contributed by atoms with E-state index in [2.05, 4.69) is 31.3 Å². The number of halogens is 1. The van der Waals surface area contributed by atoms with Gasteiger partial charge in [0.25, 0.3) is 5.91 Å². The van der Waals surface area contributed by atoms with Crippen LogP contribution in [0.1, 0.15) is 38.8 Å². The minimum atomic E-state index is -3.67. The molecule has 0 aliphatic rings. The molecule has 0 aromatic heterocycles. The molecule has 0 aliphatic heterocycles. The molecule has 1 amide bonds. The standard InChI is InChI=1S/C21H26ClN3O3S/c1-15(16-9-11-17(12-10-16)21(2,3)4)23-24-20(26)14-25(29(5,27)28)19-8-6-7-18(22)13-19/h6-13H,14H2,1-5H3,(H,24,26)/b23-15-. The first-order chi connectivity index (χ1) is 13.4. The van der Waals surface area contributed by atoms with Gasteiger partial charge in [0.15, 0.2) is 0 Å². The summed E-state index contributed by atoms with van der Waals surface area (Å²) in [5, 5.41) is 4.48. The lowest BCUT2D eigenvalue weighted by molar-refractivity contribution is -0.119. The van der Waals surface area contributed by atoms with Crippen molar-refractivity contribution in [2.75, 3.05) is 17.1 Å². The Hall–Kier alpha value is -2.38. The first-order valence-electron chi connectivity index (χ1n) is 9.05. The van der Waals surface area contributed by atoms with Gasteiger partial charge in [0.1, 0.15) is 6.54 Å². The summed E-state index contributed by atoms with van der Waals surface area (Å²) in [6, 6.07) is 14.3. The van der Waals surface area contributed by atoms with Crippen molar-refractivity contribution < 1.29 is 13.2 Å². The van der Waals surface area contributed by atoms with Gasteiger partial charge in [0, 0.05) is 5.02 Å². The Labute approximate surface area is 177 Å². The largest absolute Gasteiger partial charge is 0.271 e. The van der Waals surface area contributed by atoms with Crippen LogP contribution in [-0.2, 0) is 20.2 Å². The number of sulfonamides is 1. The highest BCUT2D eigenvalue weighted by molar-refractivity contribution is 7.92. The van der Waals surface area contributed by atoms with Crippen molar-refractivity contribution in [1.29, 1.82) is 0 Å². The number of nitrogens with one attached hydrogen (secondary N) is 1. The lowest BCUT2D eigenvalue weighted by atomic mass is 9.86. The third kappa shape index (κ3) is 6.58. The van der Waals surface area contributed by atoms with E-state index in [-0.39, 0.29) is 5.41 Å². The molecule has 0 spiro atoms. The third-order valence-electron chi connectivity index (χ3n) is 4.30. The second kappa shape index (κ2) is 8.97. The quantitative estimate of drug-likeness (QED) is 0.551. The molecule has 2 rings (SSSR count). The van der Waals surface area contributed by atoms with Gasteiger partial charge in [-0.25, -0.2) is 13.8 Å². The van der Waals surface area contributed by atoms with E-state index in [1.807, 2.05) is 24.3 Å². The fourth-order valence-corrected chi connectivity index (χ4v) is 3.65. The zero-order chi connectivity index (χ0) is 21.8. The summed E-state index contributed by atoms with van der Waals surface area (Å²) in [4.78, 5) is 12.3. The number of carbonyl (C=O) groups excluding carboxylic acids is 1. The number of amides is 1. The monoisotopic (exact) mass is 435 g/mol. The molecule has 0 saturated carbocycles. The summed E-state index contributed by atoms with van der Waals surface area (Å²) in [5.41, 5.74) is 5.47. The molecular formula is C21H26ClN3O3S. The molecule has 0 fully saturated rings. The van der Waals surface area contributed by atoms with Crippen LogP contribution in [0.3, 0.4) is 0 Å². The molecule has 29 heavy (non-hydrogen) atoms. The van der Waals surface area contributed by atoms with Gasteiger partial charge in [-0.2, -0.15) is 5.10 Å². The molecule has 8 heteroatoms. The van der Waals surface area contributed by atoms with Crippen molar-refractivity contribution in [1.82, 2.24) is 5.43 Å². The predicted molar refractivity (Wildman–Crippen MR) is 119 cm³/mol. The highest BCUT2D eigenvalue weighted by Gasteiger charge is 2.21. The molecule has 0 saturated heterocycles. The summed E-state index contributed by atoms with van der Waals surface area (Å²) in [5.74, 6) is -0.555. The van der Waals surface area contributed by atoms with Crippen LogP contribution in [0.15, 0.2) is 53.6 Å². The first kappa shape index (κ1) is 22.9. The number of carbonyl (C=O) groups is 1. The van der Waals surface area contributed by atoms with E-state index in [0.717, 1.165) is 16.1 Å². The number of nitrogens with zero attached hydrogens (tertiary/aromatic N) is 2. The van der Waals surface area contributed by atoms with Crippen molar-refractivity contribution >= 4 is 38.9 Å². The maximum Gasteiger partial charge on any atom is 0.260 e. The molecule has 0 heterocycles. The normalized spacial score (nSPS) is 12.6. The summed E-state index contributed by atoms with van der Waals surface area (Å²) in [7, 11) is -3.67. The Balaban J connectivity index is 2.12. The maximum absolute atomic E-state index is 12.3. The average Bonchev–Trinajstić information content (AvgIpc) is 2.62. The molecule has 0 unspecified atom stereocenters. The van der Waals surface area contributed by atoms with Gasteiger partial charge in [-0.05, 0) is 41.7 Å². The van der Waals surface area contributed by atoms with Crippen molar-refractivity contribution in [2.45, 2.75) is 33.1 Å². The molecule has 6 nitrogen and oxygen atoms in total. The number of hydrogen-bond donors (Lipinski definition) is 1. The summed E-state index contributed by atoms with van der Waals surface area (Å²) in [6.07, 6.45) is 1.03. The van der Waals surface area contributed by atoms with Crippen molar-refractivity contribution in [3.05, 3.63) is 64.7 Å². The molecule has 1 N–H and O–H groups in total. The molecule has 0 bridgehead atoms. The Morgan fingerprint density at radius 3 is 2.28 bits per heavy atom. The van der Waals surface area contributed by atoms with E-state index in [4.69, 9.17) is 11.6 Å². The smallest absolute Gasteiger partial charge is 0.260 e. The van der Waals surface area contributed by atoms with Crippen LogP contribution in [-0.4, -0.2) is 32.8 Å². The Kier molecular flexibility index (Phi) is 7.08. The molecule has 0 radical (unpaired) electrons. The summed E-state index contributed by atoms with van der Waals surface area (Å²) in [6.45, 7) is 7.78. The molecule has 0 aliphatic carbocycles. The van der Waals surface area contributed by atoms with Crippen LogP contribution in [0.4, 0.5) is 5.69 Å². The van der Waals surface area contributed by atoms with Crippen LogP contribution in [0, 0.1) is 0 Å². The molecule has 2 aromatic rings. The zero-order valence-corrected chi connectivity index (χ0v) is 18.8. The number of anilines is 1. The van der Waals surface area contributed by atoms with Gasteiger partial charge < -0.3 is 0 Å². The Bertz CT molecular complexity index is 1010. The third-order valence-corrected chi connectivity index (χ3v) is 5.68. The van der Waals surface area contributed by atoms with Gasteiger partial charge >= 0.3 is 0 Å². The molecular weight excluding hydrogens is 410 g/mol. The van der Waals surface area contributed by atoms with E-state index in [1.54, 1.807) is 25.1 Å². The van der Waals surface area contributed by atoms with E-state index in [1.165, 1.54) is 11.6 Å². The van der Waals surface area contributed by atoms with Crippen LogP contribution < -0.4 is 9.73 Å². The van der Waals surface area contributed by atoms with E-state index in [0.29, 0.717) is 16.4 Å². The summed E-state index contributed by atoms with van der Waals surface area (Å²) >= 11 is 5.94. The van der Waals surface area contributed by atoms with Gasteiger partial charge in [-0.15, -0.1) is 0 Å². The highest BCUT2D eigenvalue weighted by atomic mass is 35.5. The van der Waals surface area contributed by atoms with Gasteiger partial charge in [0.05, 0.1) is 17.7 Å². The number of rotatable bonds is 6. The van der Waals surface area contributed by atoms with Gasteiger partial charge in [-0.3, -0.25) is 9.10 Å². The lowest BCUT2D eigenvalue weighted by Gasteiger charge is -2.21. The Morgan fingerprint density at radius 1 is 1.14 bits per heavy atom. The topological polar surface area (TPSA) is 78.8 Å². The lowest BCUT2D eigenvalue weighted by Crippen LogP contribution is -2.39. The van der Waals surface area contributed by atoms with Crippen molar-refractivity contribution in [3.8, 4) is 0 Å². The maximum atomic E-state index is 12.3. The second-order valence-corrected chi connectivity index (χ2v) is 10.2. The zero-order valence-electron chi connectivity index (χ0n) is 17.2. The average molecular weight is 436 g/mol.